The Labute approximate surface area is 147 Å². The van der Waals surface area contributed by atoms with E-state index >= 15 is 0 Å². The van der Waals surface area contributed by atoms with Crippen LogP contribution in [0.2, 0.25) is 0 Å². The standard InChI is InChI=1S/C21H20N2O2/c1-14-8-10-18-21(15-9-11-19(24-2)20(12-15)25-3)22-13-16-6-4-5-7-17(16)23(14)18/h4-12H,13H2,1-3H3. The number of ether oxygens (including phenoxy) is 2. The van der Waals surface area contributed by atoms with Crippen molar-refractivity contribution in [2.24, 2.45) is 4.99 Å². The molecule has 1 aliphatic rings. The lowest BCUT2D eigenvalue weighted by molar-refractivity contribution is 0.355. The predicted octanol–water partition coefficient (Wildman–Crippen LogP) is 4.15. The number of hydrogen-bond acceptors (Lipinski definition) is 3. The summed E-state index contributed by atoms with van der Waals surface area (Å²) >= 11 is 0. The van der Waals surface area contributed by atoms with Gasteiger partial charge in [-0.05, 0) is 48.9 Å². The topological polar surface area (TPSA) is 35.8 Å². The monoisotopic (exact) mass is 332 g/mol. The molecule has 0 saturated heterocycles. The molecule has 4 nitrogen and oxygen atoms in total. The molecule has 2 heterocycles. The van der Waals surface area contributed by atoms with Crippen LogP contribution in [0.5, 0.6) is 11.5 Å². The van der Waals surface area contributed by atoms with Crippen molar-refractivity contribution in [2.45, 2.75) is 13.5 Å². The first kappa shape index (κ1) is 15.5. The van der Waals surface area contributed by atoms with Crippen LogP contribution >= 0.6 is 0 Å². The van der Waals surface area contributed by atoms with Gasteiger partial charge in [0.05, 0.1) is 37.9 Å². The number of fused-ring (bicyclic) bond motifs is 3. The highest BCUT2D eigenvalue weighted by Crippen LogP contribution is 2.31. The molecule has 126 valence electrons. The fraction of sp³-hybridized carbons (Fsp3) is 0.190. The van der Waals surface area contributed by atoms with Crippen LogP contribution in [0.1, 0.15) is 22.5 Å². The summed E-state index contributed by atoms with van der Waals surface area (Å²) in [5, 5.41) is 0. The van der Waals surface area contributed by atoms with Crippen molar-refractivity contribution in [3.63, 3.8) is 0 Å². The lowest BCUT2D eigenvalue weighted by atomic mass is 10.1. The number of para-hydroxylation sites is 1. The lowest BCUT2D eigenvalue weighted by Gasteiger charge is -2.14. The molecule has 4 heteroatoms. The van der Waals surface area contributed by atoms with Crippen LogP contribution in [0, 0.1) is 6.92 Å². The molecule has 0 aliphatic carbocycles. The Kier molecular flexibility index (Phi) is 3.80. The first-order valence-electron chi connectivity index (χ1n) is 8.27. The van der Waals surface area contributed by atoms with Gasteiger partial charge in [0.1, 0.15) is 0 Å². The van der Waals surface area contributed by atoms with Crippen molar-refractivity contribution in [1.29, 1.82) is 0 Å². The molecule has 2 aromatic carbocycles. The Hall–Kier alpha value is -3.01. The van der Waals surface area contributed by atoms with Crippen LogP contribution in [0.25, 0.3) is 5.69 Å². The fourth-order valence-electron chi connectivity index (χ4n) is 3.37. The lowest BCUT2D eigenvalue weighted by Crippen LogP contribution is -2.10. The summed E-state index contributed by atoms with van der Waals surface area (Å²) in [7, 11) is 3.30. The summed E-state index contributed by atoms with van der Waals surface area (Å²) < 4.78 is 13.1. The number of benzene rings is 2. The van der Waals surface area contributed by atoms with E-state index in [9.17, 15) is 0 Å². The van der Waals surface area contributed by atoms with Crippen LogP contribution in [0.4, 0.5) is 0 Å². The van der Waals surface area contributed by atoms with E-state index in [1.165, 1.54) is 16.9 Å². The summed E-state index contributed by atoms with van der Waals surface area (Å²) in [6.07, 6.45) is 0. The highest BCUT2D eigenvalue weighted by atomic mass is 16.5. The molecule has 0 amide bonds. The highest BCUT2D eigenvalue weighted by Gasteiger charge is 2.20. The zero-order valence-corrected chi connectivity index (χ0v) is 14.6. The van der Waals surface area contributed by atoms with Gasteiger partial charge in [0.15, 0.2) is 11.5 Å². The Morgan fingerprint density at radius 2 is 1.72 bits per heavy atom. The molecule has 0 atom stereocenters. The maximum absolute atomic E-state index is 5.47. The van der Waals surface area contributed by atoms with Crippen molar-refractivity contribution in [3.8, 4) is 17.2 Å². The SMILES string of the molecule is COc1ccc(C2=NCc3ccccc3-n3c(C)ccc32)cc1OC. The third kappa shape index (κ3) is 2.50. The van der Waals surface area contributed by atoms with Crippen molar-refractivity contribution < 1.29 is 9.47 Å². The number of rotatable bonds is 3. The molecule has 4 rings (SSSR count). The minimum atomic E-state index is 0.654. The van der Waals surface area contributed by atoms with Crippen LogP contribution in [0.3, 0.4) is 0 Å². The molecule has 3 aromatic rings. The third-order valence-corrected chi connectivity index (χ3v) is 4.62. The van der Waals surface area contributed by atoms with Gasteiger partial charge in [0.2, 0.25) is 0 Å². The first-order valence-corrected chi connectivity index (χ1v) is 8.27. The molecule has 1 aliphatic heterocycles. The number of aromatic nitrogens is 1. The van der Waals surface area contributed by atoms with E-state index in [2.05, 4.69) is 47.9 Å². The van der Waals surface area contributed by atoms with Crippen molar-refractivity contribution in [2.75, 3.05) is 14.2 Å². The second kappa shape index (κ2) is 6.13. The first-order chi connectivity index (χ1) is 12.2. The number of hydrogen-bond donors (Lipinski definition) is 0. The van der Waals surface area contributed by atoms with Crippen molar-refractivity contribution in [1.82, 2.24) is 4.57 Å². The maximum Gasteiger partial charge on any atom is 0.161 e. The number of methoxy groups -OCH3 is 2. The Morgan fingerprint density at radius 1 is 0.920 bits per heavy atom. The maximum atomic E-state index is 5.47. The summed E-state index contributed by atoms with van der Waals surface area (Å²) in [5.74, 6) is 1.43. The van der Waals surface area contributed by atoms with Gasteiger partial charge in [0.25, 0.3) is 0 Å². The van der Waals surface area contributed by atoms with Crippen LogP contribution in [-0.4, -0.2) is 24.5 Å². The van der Waals surface area contributed by atoms with E-state index in [4.69, 9.17) is 14.5 Å². The zero-order valence-electron chi connectivity index (χ0n) is 14.6. The Morgan fingerprint density at radius 3 is 2.52 bits per heavy atom. The van der Waals surface area contributed by atoms with E-state index < -0.39 is 0 Å². The van der Waals surface area contributed by atoms with Gasteiger partial charge < -0.3 is 14.0 Å². The predicted molar refractivity (Wildman–Crippen MR) is 99.4 cm³/mol. The van der Waals surface area contributed by atoms with Gasteiger partial charge in [0, 0.05) is 11.3 Å². The normalized spacial score (nSPS) is 12.7. The number of aliphatic imine (C=N–C) groups is 1. The largest absolute Gasteiger partial charge is 0.493 e. The van der Waals surface area contributed by atoms with Gasteiger partial charge in [-0.3, -0.25) is 4.99 Å². The molecule has 0 unspecified atom stereocenters. The van der Waals surface area contributed by atoms with Crippen molar-refractivity contribution >= 4 is 5.71 Å². The second-order valence-electron chi connectivity index (χ2n) is 6.06. The molecule has 0 saturated carbocycles. The van der Waals surface area contributed by atoms with Crippen molar-refractivity contribution in [3.05, 3.63) is 77.1 Å². The highest BCUT2D eigenvalue weighted by molar-refractivity contribution is 6.13. The third-order valence-electron chi connectivity index (χ3n) is 4.62. The minimum Gasteiger partial charge on any atom is -0.493 e. The van der Waals surface area contributed by atoms with Gasteiger partial charge in [-0.15, -0.1) is 0 Å². The second-order valence-corrected chi connectivity index (χ2v) is 6.06. The van der Waals surface area contributed by atoms with Crippen LogP contribution in [-0.2, 0) is 6.54 Å². The summed E-state index contributed by atoms with van der Waals surface area (Å²) in [6.45, 7) is 2.78. The molecule has 0 bridgehead atoms. The number of aryl methyl sites for hydroxylation is 1. The molecule has 0 N–H and O–H groups in total. The zero-order chi connectivity index (χ0) is 17.4. The average Bonchev–Trinajstić information content (AvgIpc) is 2.94. The summed E-state index contributed by atoms with van der Waals surface area (Å²) in [6, 6.07) is 18.6. The Bertz CT molecular complexity index is 970. The summed E-state index contributed by atoms with van der Waals surface area (Å²) in [4.78, 5) is 4.92. The molecule has 25 heavy (non-hydrogen) atoms. The van der Waals surface area contributed by atoms with Gasteiger partial charge in [-0.25, -0.2) is 0 Å². The van der Waals surface area contributed by atoms with E-state index in [1.807, 2.05) is 18.2 Å². The van der Waals surface area contributed by atoms with Gasteiger partial charge >= 0.3 is 0 Å². The van der Waals surface area contributed by atoms with E-state index in [0.717, 1.165) is 22.7 Å². The molecule has 0 radical (unpaired) electrons. The minimum absolute atomic E-state index is 0.654. The van der Waals surface area contributed by atoms with Gasteiger partial charge in [-0.1, -0.05) is 18.2 Å². The van der Waals surface area contributed by atoms with E-state index in [1.54, 1.807) is 14.2 Å². The molecular weight excluding hydrogens is 312 g/mol. The van der Waals surface area contributed by atoms with Crippen LogP contribution in [0.15, 0.2) is 59.6 Å². The van der Waals surface area contributed by atoms with Gasteiger partial charge in [-0.2, -0.15) is 0 Å². The molecule has 0 spiro atoms. The van der Waals surface area contributed by atoms with E-state index in [0.29, 0.717) is 12.3 Å². The average molecular weight is 332 g/mol. The number of nitrogens with zero attached hydrogens (tertiary/aromatic N) is 2. The van der Waals surface area contributed by atoms with E-state index in [-0.39, 0.29) is 0 Å². The smallest absolute Gasteiger partial charge is 0.161 e. The quantitative estimate of drug-likeness (QED) is 0.722. The van der Waals surface area contributed by atoms with Crippen LogP contribution < -0.4 is 9.47 Å². The summed E-state index contributed by atoms with van der Waals surface area (Å²) in [5.41, 5.74) is 6.68. The molecule has 0 fully saturated rings. The molecule has 1 aromatic heterocycles. The Balaban J connectivity index is 1.91. The molecular formula is C21H20N2O2. The fourth-order valence-corrected chi connectivity index (χ4v) is 3.37.